The molecule has 2 rings (SSSR count). The molecule has 0 bridgehead atoms. The van der Waals surface area contributed by atoms with E-state index in [0.717, 1.165) is 5.56 Å². The number of aliphatic hydroxyl groups excluding tert-OH is 1. The van der Waals surface area contributed by atoms with Crippen molar-refractivity contribution < 1.29 is 30.9 Å². The molecule has 0 aromatic heterocycles. The summed E-state index contributed by atoms with van der Waals surface area (Å²) in [5.74, 6) is -0.287. The van der Waals surface area contributed by atoms with E-state index >= 15 is 0 Å². The fourth-order valence-electron chi connectivity index (χ4n) is 2.46. The molecule has 152 valence electrons. The summed E-state index contributed by atoms with van der Waals surface area (Å²) in [7, 11) is -5.66. The predicted molar refractivity (Wildman–Crippen MR) is 95.1 cm³/mol. The van der Waals surface area contributed by atoms with Crippen LogP contribution in [0.4, 0.5) is 18.9 Å². The van der Waals surface area contributed by atoms with Crippen molar-refractivity contribution in [1.82, 2.24) is 4.90 Å². The van der Waals surface area contributed by atoms with Crippen molar-refractivity contribution in [3.8, 4) is 0 Å². The van der Waals surface area contributed by atoms with Gasteiger partial charge in [-0.05, 0) is 29.2 Å². The maximum Gasteiger partial charge on any atom is 0.534 e. The van der Waals surface area contributed by atoms with Crippen LogP contribution in [0.5, 0.6) is 0 Å². The molecule has 1 aliphatic heterocycles. The third kappa shape index (κ3) is 5.60. The third-order valence-electron chi connectivity index (χ3n) is 4.09. The van der Waals surface area contributed by atoms with Crippen molar-refractivity contribution in [2.75, 3.05) is 18.4 Å². The minimum absolute atomic E-state index is 0.00195. The summed E-state index contributed by atoms with van der Waals surface area (Å²) in [6.45, 7) is 6.43. The van der Waals surface area contributed by atoms with E-state index in [0.29, 0.717) is 5.69 Å². The number of benzene rings is 1. The summed E-state index contributed by atoms with van der Waals surface area (Å²) < 4.78 is 63.1. The van der Waals surface area contributed by atoms with Crippen molar-refractivity contribution in [2.45, 2.75) is 44.5 Å². The Morgan fingerprint density at radius 3 is 2.22 bits per heavy atom. The molecule has 0 radical (unpaired) electrons. The van der Waals surface area contributed by atoms with Crippen molar-refractivity contribution >= 4 is 15.8 Å². The normalized spacial score (nSPS) is 18.0. The molecule has 1 aromatic carbocycles. The van der Waals surface area contributed by atoms with Crippen LogP contribution in [0.1, 0.15) is 32.8 Å². The van der Waals surface area contributed by atoms with Gasteiger partial charge in [-0.1, -0.05) is 32.9 Å². The standard InChI is InChI=1S/C17H23F3N2O4S/c1-16(2,3)12-4-6-13(7-5-12)21-15(23)22-10-8-14(9-11-22)26-27(24,25)17(18,19)20/h4-8,15,21,23H,9-11H2,1-3H3. The Balaban J connectivity index is 1.94. The molecule has 0 saturated carbocycles. The van der Waals surface area contributed by atoms with E-state index in [1.165, 1.54) is 11.0 Å². The SMILES string of the molecule is CC(C)(C)c1ccc(NC(O)N2CC=C(OS(=O)(=O)C(F)(F)F)CC2)cc1. The van der Waals surface area contributed by atoms with Crippen molar-refractivity contribution in [1.29, 1.82) is 0 Å². The van der Waals surface area contributed by atoms with E-state index in [9.17, 15) is 26.7 Å². The van der Waals surface area contributed by atoms with Gasteiger partial charge in [0.1, 0.15) is 5.76 Å². The fourth-order valence-corrected chi connectivity index (χ4v) is 2.99. The molecule has 2 N–H and O–H groups in total. The highest BCUT2D eigenvalue weighted by atomic mass is 32.2. The number of aliphatic hydroxyl groups is 1. The quantitative estimate of drug-likeness (QED) is 0.443. The molecule has 0 amide bonds. The molecule has 1 aromatic rings. The topological polar surface area (TPSA) is 78.9 Å². The van der Waals surface area contributed by atoms with Crippen molar-refractivity contribution in [2.24, 2.45) is 0 Å². The number of nitrogens with zero attached hydrogens (tertiary/aromatic N) is 1. The molecule has 6 nitrogen and oxygen atoms in total. The van der Waals surface area contributed by atoms with Gasteiger partial charge in [-0.2, -0.15) is 21.6 Å². The number of hydrogen-bond donors (Lipinski definition) is 2. The van der Waals surface area contributed by atoms with Crippen LogP contribution in [0.2, 0.25) is 0 Å². The first-order valence-electron chi connectivity index (χ1n) is 8.28. The summed E-state index contributed by atoms with van der Waals surface area (Å²) in [6, 6.07) is 7.54. The number of rotatable bonds is 5. The lowest BCUT2D eigenvalue weighted by Gasteiger charge is -2.31. The zero-order chi connectivity index (χ0) is 20.5. The Hall–Kier alpha value is -1.78. The Labute approximate surface area is 156 Å². The lowest BCUT2D eigenvalue weighted by Crippen LogP contribution is -2.43. The van der Waals surface area contributed by atoms with Crippen LogP contribution in [0, 0.1) is 0 Å². The largest absolute Gasteiger partial charge is 0.534 e. The molecular weight excluding hydrogens is 385 g/mol. The molecule has 0 fully saturated rings. The van der Waals surface area contributed by atoms with E-state index in [4.69, 9.17) is 0 Å². The zero-order valence-electron chi connectivity index (χ0n) is 15.2. The molecule has 0 aliphatic carbocycles. The van der Waals surface area contributed by atoms with Gasteiger partial charge in [0.25, 0.3) is 0 Å². The summed E-state index contributed by atoms with van der Waals surface area (Å²) in [4.78, 5) is 1.53. The van der Waals surface area contributed by atoms with Gasteiger partial charge in [0.15, 0.2) is 6.35 Å². The molecule has 1 heterocycles. The molecule has 10 heteroatoms. The lowest BCUT2D eigenvalue weighted by molar-refractivity contribution is -0.0527. The number of hydrogen-bond acceptors (Lipinski definition) is 6. The minimum Gasteiger partial charge on any atom is -0.381 e. The molecule has 1 unspecified atom stereocenters. The Morgan fingerprint density at radius 2 is 1.78 bits per heavy atom. The first-order valence-corrected chi connectivity index (χ1v) is 9.69. The van der Waals surface area contributed by atoms with Crippen molar-refractivity contribution in [3.05, 3.63) is 41.7 Å². The van der Waals surface area contributed by atoms with Gasteiger partial charge in [-0.15, -0.1) is 0 Å². The van der Waals surface area contributed by atoms with Gasteiger partial charge in [0.05, 0.1) is 0 Å². The first kappa shape index (κ1) is 21.5. The zero-order valence-corrected chi connectivity index (χ0v) is 16.1. The average Bonchev–Trinajstić information content (AvgIpc) is 2.53. The molecule has 1 atom stereocenters. The molecule has 0 saturated heterocycles. The van der Waals surface area contributed by atoms with Crippen LogP contribution in [0.3, 0.4) is 0 Å². The summed E-state index contributed by atoms with van der Waals surface area (Å²) in [5.41, 5.74) is -3.65. The summed E-state index contributed by atoms with van der Waals surface area (Å²) >= 11 is 0. The van der Waals surface area contributed by atoms with Gasteiger partial charge >= 0.3 is 15.6 Å². The summed E-state index contributed by atoms with van der Waals surface area (Å²) in [5, 5.41) is 13.1. The maximum atomic E-state index is 12.3. The first-order chi connectivity index (χ1) is 12.3. The smallest absolute Gasteiger partial charge is 0.381 e. The second kappa shape index (κ2) is 7.69. The Bertz CT molecular complexity index is 784. The second-order valence-corrected chi connectivity index (χ2v) is 8.78. The summed E-state index contributed by atoms with van der Waals surface area (Å²) in [6.07, 6.45) is 0.0553. The van der Waals surface area contributed by atoms with Gasteiger partial charge in [0, 0.05) is 25.2 Å². The highest BCUT2D eigenvalue weighted by Crippen LogP contribution is 2.28. The number of nitrogens with one attached hydrogen (secondary N) is 1. The molecule has 1 aliphatic rings. The van der Waals surface area contributed by atoms with Crippen LogP contribution in [-0.4, -0.2) is 43.4 Å². The number of anilines is 1. The van der Waals surface area contributed by atoms with Gasteiger partial charge in [-0.25, -0.2) is 0 Å². The van der Waals surface area contributed by atoms with Crippen LogP contribution in [0.25, 0.3) is 0 Å². The van der Waals surface area contributed by atoms with E-state index in [2.05, 4.69) is 30.3 Å². The average molecular weight is 408 g/mol. The third-order valence-corrected chi connectivity index (χ3v) is 5.09. The molecule has 0 spiro atoms. The van der Waals surface area contributed by atoms with Crippen molar-refractivity contribution in [3.63, 3.8) is 0 Å². The molecular formula is C17H23F3N2O4S. The van der Waals surface area contributed by atoms with Crippen LogP contribution >= 0.6 is 0 Å². The highest BCUT2D eigenvalue weighted by Gasteiger charge is 2.49. The van der Waals surface area contributed by atoms with Crippen LogP contribution < -0.4 is 5.32 Å². The second-order valence-electron chi connectivity index (χ2n) is 7.24. The van der Waals surface area contributed by atoms with Crippen LogP contribution in [-0.2, 0) is 19.7 Å². The predicted octanol–water partition coefficient (Wildman–Crippen LogP) is 3.13. The van der Waals surface area contributed by atoms with E-state index in [1.54, 1.807) is 0 Å². The monoisotopic (exact) mass is 408 g/mol. The minimum atomic E-state index is -5.66. The van der Waals surface area contributed by atoms with Gasteiger partial charge in [0.2, 0.25) is 0 Å². The number of alkyl halides is 3. The fraction of sp³-hybridized carbons (Fsp3) is 0.529. The van der Waals surface area contributed by atoms with Gasteiger partial charge < -0.3 is 14.6 Å². The highest BCUT2D eigenvalue weighted by molar-refractivity contribution is 7.87. The van der Waals surface area contributed by atoms with E-state index < -0.39 is 22.0 Å². The Morgan fingerprint density at radius 1 is 1.19 bits per heavy atom. The van der Waals surface area contributed by atoms with Gasteiger partial charge in [-0.3, -0.25) is 4.90 Å². The van der Waals surface area contributed by atoms with E-state index in [1.807, 2.05) is 24.3 Å². The Kier molecular flexibility index (Phi) is 6.13. The lowest BCUT2D eigenvalue weighted by atomic mass is 9.87. The molecule has 27 heavy (non-hydrogen) atoms. The number of halogens is 3. The maximum absolute atomic E-state index is 12.3. The van der Waals surface area contributed by atoms with Crippen LogP contribution in [0.15, 0.2) is 36.1 Å². The van der Waals surface area contributed by atoms with E-state index in [-0.39, 0.29) is 30.7 Å².